The average molecular weight is 369 g/mol. The summed E-state index contributed by atoms with van der Waals surface area (Å²) in [6, 6.07) is 8.74. The van der Waals surface area contributed by atoms with Crippen LogP contribution in [0, 0.1) is 0 Å². The molecule has 0 bridgehead atoms. The first kappa shape index (κ1) is 19.3. The normalized spacial score (nSPS) is 23.7. The molecule has 1 fully saturated rings. The van der Waals surface area contributed by atoms with Gasteiger partial charge in [-0.1, -0.05) is 23.7 Å². The van der Waals surface area contributed by atoms with Crippen molar-refractivity contribution in [3.8, 4) is 0 Å². The summed E-state index contributed by atoms with van der Waals surface area (Å²) in [7, 11) is 2.00. The average Bonchev–Trinajstić information content (AvgIpc) is 2.99. The molecule has 0 saturated heterocycles. The lowest BCUT2D eigenvalue weighted by atomic mass is 9.68. The molecule has 1 aromatic heterocycles. The first-order valence-corrected chi connectivity index (χ1v) is 8.65. The maximum Gasteiger partial charge on any atom is 0.0947 e. The van der Waals surface area contributed by atoms with E-state index in [0.29, 0.717) is 12.6 Å². The Morgan fingerprint density at radius 2 is 2.12 bits per heavy atom. The minimum atomic E-state index is 0. The van der Waals surface area contributed by atoms with Crippen LogP contribution in [0.2, 0.25) is 5.02 Å². The molecule has 0 aliphatic heterocycles. The van der Waals surface area contributed by atoms with E-state index < -0.39 is 0 Å². The topological polar surface area (TPSA) is 55.9 Å². The van der Waals surface area contributed by atoms with Crippen LogP contribution in [-0.4, -0.2) is 22.1 Å². The number of hydrogen-bond donors (Lipinski definition) is 2. The Morgan fingerprint density at radius 1 is 1.38 bits per heavy atom. The van der Waals surface area contributed by atoms with Crippen LogP contribution in [0.4, 0.5) is 0 Å². The molecule has 0 radical (unpaired) electrons. The number of benzene rings is 1. The minimum absolute atomic E-state index is 0. The Labute approximate surface area is 155 Å². The number of rotatable bonds is 5. The highest BCUT2D eigenvalue weighted by molar-refractivity contribution is 6.30. The lowest BCUT2D eigenvalue weighted by molar-refractivity contribution is 0.250. The highest BCUT2D eigenvalue weighted by Crippen LogP contribution is 2.39. The summed E-state index contributed by atoms with van der Waals surface area (Å²) in [5, 5.41) is 4.43. The molecule has 4 nitrogen and oxygen atoms in total. The van der Waals surface area contributed by atoms with Crippen LogP contribution in [0.3, 0.4) is 0 Å². The molecular weight excluding hydrogens is 343 g/mol. The van der Waals surface area contributed by atoms with Gasteiger partial charge < -0.3 is 15.6 Å². The van der Waals surface area contributed by atoms with Gasteiger partial charge in [-0.05, 0) is 43.4 Å². The van der Waals surface area contributed by atoms with Crippen LogP contribution < -0.4 is 11.1 Å². The summed E-state index contributed by atoms with van der Waals surface area (Å²) >= 11 is 6.17. The van der Waals surface area contributed by atoms with E-state index in [9.17, 15) is 0 Å². The van der Waals surface area contributed by atoms with Crippen molar-refractivity contribution < 1.29 is 0 Å². The van der Waals surface area contributed by atoms with Gasteiger partial charge in [0.15, 0.2) is 0 Å². The molecule has 0 atom stereocenters. The number of aromatic nitrogens is 2. The Balaban J connectivity index is 0.00000208. The largest absolute Gasteiger partial charge is 0.340 e. The molecule has 2 aromatic rings. The van der Waals surface area contributed by atoms with Crippen molar-refractivity contribution in [1.82, 2.24) is 14.9 Å². The molecule has 1 aliphatic carbocycles. The Morgan fingerprint density at radius 3 is 2.71 bits per heavy atom. The van der Waals surface area contributed by atoms with Crippen LogP contribution in [0.5, 0.6) is 0 Å². The standard InChI is InChI=1S/C18H25ClN4.ClH/c1-23-11-17(22-13-23)10-21-16-5-7-18(12-20,8-6-16)14-3-2-4-15(19)9-14;/h2-4,9,11,13,16,21H,5-8,10,12,20H2,1H3;1H. The molecule has 1 aliphatic rings. The van der Waals surface area contributed by atoms with E-state index in [0.717, 1.165) is 42.9 Å². The summed E-state index contributed by atoms with van der Waals surface area (Å²) in [4.78, 5) is 4.37. The van der Waals surface area contributed by atoms with E-state index in [1.807, 2.05) is 30.1 Å². The van der Waals surface area contributed by atoms with Gasteiger partial charge in [-0.15, -0.1) is 12.4 Å². The number of nitrogens with zero attached hydrogens (tertiary/aromatic N) is 2. The van der Waals surface area contributed by atoms with E-state index in [1.54, 1.807) is 0 Å². The highest BCUT2D eigenvalue weighted by atomic mass is 35.5. The second kappa shape index (κ2) is 8.34. The fourth-order valence-corrected chi connectivity index (χ4v) is 3.80. The van der Waals surface area contributed by atoms with Gasteiger partial charge in [0.05, 0.1) is 12.0 Å². The van der Waals surface area contributed by atoms with Crippen LogP contribution in [0.15, 0.2) is 36.8 Å². The zero-order valence-electron chi connectivity index (χ0n) is 14.0. The maximum absolute atomic E-state index is 6.17. The zero-order valence-corrected chi connectivity index (χ0v) is 15.6. The van der Waals surface area contributed by atoms with Crippen LogP contribution in [0.1, 0.15) is 36.9 Å². The lowest BCUT2D eigenvalue weighted by Gasteiger charge is -2.40. The van der Waals surface area contributed by atoms with Gasteiger partial charge in [0, 0.05) is 42.8 Å². The molecule has 6 heteroatoms. The Bertz CT molecular complexity index is 648. The molecule has 24 heavy (non-hydrogen) atoms. The van der Waals surface area contributed by atoms with Crippen molar-refractivity contribution in [3.05, 3.63) is 53.1 Å². The molecule has 0 spiro atoms. The molecule has 132 valence electrons. The molecule has 0 amide bonds. The highest BCUT2D eigenvalue weighted by Gasteiger charge is 2.35. The number of aryl methyl sites for hydroxylation is 1. The van der Waals surface area contributed by atoms with Gasteiger partial charge >= 0.3 is 0 Å². The van der Waals surface area contributed by atoms with Crippen molar-refractivity contribution in [2.24, 2.45) is 12.8 Å². The zero-order chi connectivity index (χ0) is 16.3. The number of nitrogens with two attached hydrogens (primary N) is 1. The molecule has 3 N–H and O–H groups in total. The molecule has 1 aromatic carbocycles. The van der Waals surface area contributed by atoms with Crippen molar-refractivity contribution in [2.45, 2.75) is 43.7 Å². The minimum Gasteiger partial charge on any atom is -0.340 e. The number of imidazole rings is 1. The molecule has 1 saturated carbocycles. The van der Waals surface area contributed by atoms with E-state index in [1.165, 1.54) is 5.56 Å². The maximum atomic E-state index is 6.17. The summed E-state index contributed by atoms with van der Waals surface area (Å²) in [5.41, 5.74) is 8.62. The third-order valence-electron chi connectivity index (χ3n) is 5.10. The smallest absolute Gasteiger partial charge is 0.0947 e. The predicted molar refractivity (Wildman–Crippen MR) is 102 cm³/mol. The Hall–Kier alpha value is -1.07. The van der Waals surface area contributed by atoms with Gasteiger partial charge in [-0.2, -0.15) is 0 Å². The van der Waals surface area contributed by atoms with Gasteiger partial charge in [-0.3, -0.25) is 0 Å². The Kier molecular flexibility index (Phi) is 6.70. The second-order valence-corrected chi connectivity index (χ2v) is 7.12. The van der Waals surface area contributed by atoms with Crippen molar-refractivity contribution >= 4 is 24.0 Å². The number of hydrogen-bond acceptors (Lipinski definition) is 3. The lowest BCUT2D eigenvalue weighted by Crippen LogP contribution is -2.43. The van der Waals surface area contributed by atoms with Gasteiger partial charge in [-0.25, -0.2) is 4.98 Å². The fraction of sp³-hybridized carbons (Fsp3) is 0.500. The monoisotopic (exact) mass is 368 g/mol. The molecule has 3 rings (SSSR count). The molecule has 0 unspecified atom stereocenters. The van der Waals surface area contributed by atoms with Crippen LogP contribution >= 0.6 is 24.0 Å². The second-order valence-electron chi connectivity index (χ2n) is 6.68. The third kappa shape index (κ3) is 4.31. The number of nitrogens with one attached hydrogen (secondary N) is 1. The first-order valence-electron chi connectivity index (χ1n) is 8.28. The van der Waals surface area contributed by atoms with E-state index in [-0.39, 0.29) is 17.8 Å². The predicted octanol–water partition coefficient (Wildman–Crippen LogP) is 3.42. The van der Waals surface area contributed by atoms with Crippen LogP contribution in [0.25, 0.3) is 0 Å². The van der Waals surface area contributed by atoms with Gasteiger partial charge in [0.2, 0.25) is 0 Å². The summed E-state index contributed by atoms with van der Waals surface area (Å²) in [6.45, 7) is 1.51. The van der Waals surface area contributed by atoms with Crippen molar-refractivity contribution in [2.75, 3.05) is 6.54 Å². The van der Waals surface area contributed by atoms with E-state index in [2.05, 4.69) is 28.6 Å². The summed E-state index contributed by atoms with van der Waals surface area (Å²) < 4.78 is 1.98. The molecule has 1 heterocycles. The van der Waals surface area contributed by atoms with Crippen LogP contribution in [-0.2, 0) is 19.0 Å². The SMILES string of the molecule is Cl.Cn1cnc(CNC2CCC(CN)(c3cccc(Cl)c3)CC2)c1. The van der Waals surface area contributed by atoms with E-state index in [4.69, 9.17) is 17.3 Å². The van der Waals surface area contributed by atoms with Crippen molar-refractivity contribution in [1.29, 1.82) is 0 Å². The summed E-state index contributed by atoms with van der Waals surface area (Å²) in [5.74, 6) is 0. The quantitative estimate of drug-likeness (QED) is 0.849. The first-order chi connectivity index (χ1) is 11.1. The molecular formula is C18H26Cl2N4. The third-order valence-corrected chi connectivity index (χ3v) is 5.34. The number of halogens is 2. The van der Waals surface area contributed by atoms with E-state index >= 15 is 0 Å². The fourth-order valence-electron chi connectivity index (χ4n) is 3.61. The van der Waals surface area contributed by atoms with Crippen molar-refractivity contribution in [3.63, 3.8) is 0 Å². The summed E-state index contributed by atoms with van der Waals surface area (Å²) in [6.07, 6.45) is 8.38. The van der Waals surface area contributed by atoms with Gasteiger partial charge in [0.1, 0.15) is 0 Å². The van der Waals surface area contributed by atoms with Gasteiger partial charge in [0.25, 0.3) is 0 Å².